The van der Waals surface area contributed by atoms with E-state index in [1.165, 1.54) is 0 Å². The topological polar surface area (TPSA) is 72.2 Å². The first-order valence-corrected chi connectivity index (χ1v) is 7.41. The zero-order chi connectivity index (χ0) is 14.5. The molecular weight excluding hydrogens is 272 g/mol. The number of amides is 1. The van der Waals surface area contributed by atoms with Crippen LogP contribution in [0.15, 0.2) is 59.5 Å². The van der Waals surface area contributed by atoms with Gasteiger partial charge in [0.1, 0.15) is 5.25 Å². The molecule has 1 amide bonds. The molecule has 0 radical (unpaired) electrons. The summed E-state index contributed by atoms with van der Waals surface area (Å²) in [4.78, 5) is 12.6. The maximum atomic E-state index is 12.3. The average Bonchev–Trinajstić information content (AvgIpc) is 2.46. The number of hydrogen-bond acceptors (Lipinski definition) is 3. The second-order valence-electron chi connectivity index (χ2n) is 4.37. The number of nitrogens with one attached hydrogen (secondary N) is 1. The molecule has 4 nitrogen and oxygen atoms in total. The summed E-state index contributed by atoms with van der Waals surface area (Å²) >= 11 is 0. The predicted octanol–water partition coefficient (Wildman–Crippen LogP) is 2.40. The van der Waals surface area contributed by atoms with E-state index in [1.807, 2.05) is 18.2 Å². The van der Waals surface area contributed by atoms with Crippen LogP contribution in [0.4, 0.5) is 11.4 Å². The lowest BCUT2D eigenvalue weighted by atomic mass is 10.3. The van der Waals surface area contributed by atoms with Crippen molar-refractivity contribution in [3.05, 3.63) is 54.6 Å². The van der Waals surface area contributed by atoms with Crippen molar-refractivity contribution < 1.29 is 9.00 Å². The minimum Gasteiger partial charge on any atom is -0.399 e. The number of para-hydroxylation sites is 1. The van der Waals surface area contributed by atoms with Crippen molar-refractivity contribution >= 4 is 28.1 Å². The number of hydrogen-bond donors (Lipinski definition) is 2. The molecule has 0 aliphatic heterocycles. The molecule has 2 unspecified atom stereocenters. The smallest absolute Gasteiger partial charge is 0.240 e. The van der Waals surface area contributed by atoms with Crippen LogP contribution >= 0.6 is 0 Å². The van der Waals surface area contributed by atoms with Gasteiger partial charge in [-0.25, -0.2) is 0 Å². The minimum absolute atomic E-state index is 0.281. The Bertz CT molecular complexity index is 629. The Kier molecular flexibility index (Phi) is 4.53. The molecule has 0 fully saturated rings. The van der Waals surface area contributed by atoms with Gasteiger partial charge in [0.2, 0.25) is 5.91 Å². The Labute approximate surface area is 120 Å². The van der Waals surface area contributed by atoms with E-state index in [1.54, 1.807) is 43.3 Å². The SMILES string of the molecule is CC(C(=O)Nc1ccccc1)S(=O)c1cccc(N)c1. The lowest BCUT2D eigenvalue weighted by Gasteiger charge is -2.12. The fraction of sp³-hybridized carbons (Fsp3) is 0.133. The quantitative estimate of drug-likeness (QED) is 0.849. The van der Waals surface area contributed by atoms with Gasteiger partial charge in [-0.3, -0.25) is 9.00 Å². The maximum absolute atomic E-state index is 12.3. The molecule has 2 aromatic carbocycles. The van der Waals surface area contributed by atoms with E-state index in [9.17, 15) is 9.00 Å². The van der Waals surface area contributed by atoms with Gasteiger partial charge in [0.05, 0.1) is 10.8 Å². The Balaban J connectivity index is 2.09. The molecule has 0 aliphatic rings. The number of nitrogen functional groups attached to an aromatic ring is 1. The van der Waals surface area contributed by atoms with E-state index < -0.39 is 16.0 Å². The monoisotopic (exact) mass is 288 g/mol. The number of rotatable bonds is 4. The Morgan fingerprint density at radius 1 is 1.15 bits per heavy atom. The standard InChI is InChI=1S/C15H16N2O2S/c1-11(15(18)17-13-7-3-2-4-8-13)20(19)14-9-5-6-12(16)10-14/h2-11H,16H2,1H3,(H,17,18). The van der Waals surface area contributed by atoms with Gasteiger partial charge < -0.3 is 11.1 Å². The van der Waals surface area contributed by atoms with Crippen molar-refractivity contribution in [2.75, 3.05) is 11.1 Å². The van der Waals surface area contributed by atoms with Crippen LogP contribution in [0.5, 0.6) is 0 Å². The number of anilines is 2. The molecule has 20 heavy (non-hydrogen) atoms. The minimum atomic E-state index is -1.43. The highest BCUT2D eigenvalue weighted by Gasteiger charge is 2.21. The molecule has 5 heteroatoms. The fourth-order valence-corrected chi connectivity index (χ4v) is 2.83. The molecule has 0 saturated heterocycles. The first-order valence-electron chi connectivity index (χ1n) is 6.20. The summed E-state index contributed by atoms with van der Waals surface area (Å²) in [5.41, 5.74) is 6.88. The highest BCUT2D eigenvalue weighted by Crippen LogP contribution is 2.16. The highest BCUT2D eigenvalue weighted by atomic mass is 32.2. The third-order valence-electron chi connectivity index (χ3n) is 2.82. The lowest BCUT2D eigenvalue weighted by molar-refractivity contribution is -0.115. The van der Waals surface area contributed by atoms with Gasteiger partial charge in [0.25, 0.3) is 0 Å². The van der Waals surface area contributed by atoms with E-state index >= 15 is 0 Å². The first kappa shape index (κ1) is 14.3. The van der Waals surface area contributed by atoms with Crippen molar-refractivity contribution in [1.29, 1.82) is 0 Å². The van der Waals surface area contributed by atoms with Gasteiger partial charge in [-0.15, -0.1) is 0 Å². The van der Waals surface area contributed by atoms with Crippen LogP contribution in [-0.4, -0.2) is 15.4 Å². The molecule has 0 spiro atoms. The Morgan fingerprint density at radius 2 is 1.85 bits per heavy atom. The number of carbonyl (C=O) groups excluding carboxylic acids is 1. The van der Waals surface area contributed by atoms with Crippen LogP contribution in [0.25, 0.3) is 0 Å². The van der Waals surface area contributed by atoms with Crippen molar-refractivity contribution in [2.24, 2.45) is 0 Å². The van der Waals surface area contributed by atoms with Crippen molar-refractivity contribution in [3.63, 3.8) is 0 Å². The zero-order valence-corrected chi connectivity index (χ0v) is 11.9. The summed E-state index contributed by atoms with van der Waals surface area (Å²) in [6.45, 7) is 1.64. The van der Waals surface area contributed by atoms with Crippen molar-refractivity contribution in [2.45, 2.75) is 17.1 Å². The zero-order valence-electron chi connectivity index (χ0n) is 11.1. The summed E-state index contributed by atoms with van der Waals surface area (Å²) < 4.78 is 12.3. The fourth-order valence-electron chi connectivity index (χ4n) is 1.71. The molecular formula is C15H16N2O2S. The second-order valence-corrected chi connectivity index (χ2v) is 6.14. The van der Waals surface area contributed by atoms with Crippen LogP contribution < -0.4 is 11.1 Å². The highest BCUT2D eigenvalue weighted by molar-refractivity contribution is 7.86. The van der Waals surface area contributed by atoms with E-state index in [0.29, 0.717) is 16.3 Å². The molecule has 3 N–H and O–H groups in total. The van der Waals surface area contributed by atoms with Crippen molar-refractivity contribution in [3.8, 4) is 0 Å². The number of carbonyl (C=O) groups is 1. The second kappa shape index (κ2) is 6.34. The van der Waals surface area contributed by atoms with Crippen LogP contribution in [0.3, 0.4) is 0 Å². The summed E-state index contributed by atoms with van der Waals surface area (Å²) in [6, 6.07) is 15.9. The Hall–Kier alpha value is -2.14. The molecule has 0 heterocycles. The number of nitrogens with two attached hydrogens (primary N) is 1. The van der Waals surface area contributed by atoms with E-state index in [2.05, 4.69) is 5.32 Å². The molecule has 2 atom stereocenters. The third-order valence-corrected chi connectivity index (χ3v) is 4.40. The van der Waals surface area contributed by atoms with E-state index in [-0.39, 0.29) is 5.91 Å². The van der Waals surface area contributed by atoms with Gasteiger partial charge >= 0.3 is 0 Å². The molecule has 0 aromatic heterocycles. The van der Waals surface area contributed by atoms with Crippen LogP contribution in [0.2, 0.25) is 0 Å². The third kappa shape index (κ3) is 3.45. The number of benzene rings is 2. The molecule has 0 saturated carbocycles. The Morgan fingerprint density at radius 3 is 2.50 bits per heavy atom. The lowest BCUT2D eigenvalue weighted by Crippen LogP contribution is -2.29. The summed E-state index contributed by atoms with van der Waals surface area (Å²) in [5.74, 6) is -0.281. The molecule has 0 aliphatic carbocycles. The first-order chi connectivity index (χ1) is 9.58. The summed E-state index contributed by atoms with van der Waals surface area (Å²) in [7, 11) is -1.43. The van der Waals surface area contributed by atoms with E-state index in [0.717, 1.165) is 0 Å². The molecule has 0 bridgehead atoms. The van der Waals surface area contributed by atoms with Crippen LogP contribution in [0, 0.1) is 0 Å². The summed E-state index contributed by atoms with van der Waals surface area (Å²) in [6.07, 6.45) is 0. The predicted molar refractivity (Wildman–Crippen MR) is 81.8 cm³/mol. The maximum Gasteiger partial charge on any atom is 0.240 e. The largest absolute Gasteiger partial charge is 0.399 e. The molecule has 2 aromatic rings. The van der Waals surface area contributed by atoms with Gasteiger partial charge in [-0.05, 0) is 37.3 Å². The molecule has 2 rings (SSSR count). The summed E-state index contributed by atoms with van der Waals surface area (Å²) in [5, 5.41) is 2.09. The van der Waals surface area contributed by atoms with Crippen molar-refractivity contribution in [1.82, 2.24) is 0 Å². The average molecular weight is 288 g/mol. The molecule has 104 valence electrons. The van der Waals surface area contributed by atoms with Crippen LogP contribution in [0.1, 0.15) is 6.92 Å². The van der Waals surface area contributed by atoms with Crippen LogP contribution in [-0.2, 0) is 15.6 Å². The van der Waals surface area contributed by atoms with Gasteiger partial charge in [-0.1, -0.05) is 24.3 Å². The van der Waals surface area contributed by atoms with Gasteiger partial charge in [-0.2, -0.15) is 0 Å². The van der Waals surface area contributed by atoms with E-state index in [4.69, 9.17) is 5.73 Å². The van der Waals surface area contributed by atoms with Gasteiger partial charge in [0, 0.05) is 16.3 Å². The normalized spacial score (nSPS) is 13.4. The van der Waals surface area contributed by atoms with Gasteiger partial charge in [0.15, 0.2) is 0 Å².